The van der Waals surface area contributed by atoms with E-state index in [0.717, 1.165) is 47.9 Å². The van der Waals surface area contributed by atoms with Crippen LogP contribution in [0.5, 0.6) is 0 Å². The topological polar surface area (TPSA) is 62.3 Å². The predicted octanol–water partition coefficient (Wildman–Crippen LogP) is 6.14. The van der Waals surface area contributed by atoms with Gasteiger partial charge < -0.3 is 14.8 Å². The molecule has 1 aliphatic heterocycles. The third kappa shape index (κ3) is 5.59. The molecule has 0 bridgehead atoms. The lowest BCUT2D eigenvalue weighted by molar-refractivity contribution is 0.0773. The molecule has 168 valence electrons. The Bertz CT molecular complexity index is 1230. The van der Waals surface area contributed by atoms with Crippen LogP contribution in [0.4, 0.5) is 17.3 Å². The first-order valence-corrected chi connectivity index (χ1v) is 12.5. The number of para-hydroxylation sites is 2. The fraction of sp³-hybridized carbons (Fsp3) is 0.200. The molecule has 6 nitrogen and oxygen atoms in total. The van der Waals surface area contributed by atoms with Crippen LogP contribution in [0.25, 0.3) is 11.0 Å². The first-order valence-electron chi connectivity index (χ1n) is 10.9. The van der Waals surface area contributed by atoms with Gasteiger partial charge in [-0.1, -0.05) is 30.3 Å². The van der Waals surface area contributed by atoms with E-state index in [1.807, 2.05) is 36.4 Å². The van der Waals surface area contributed by atoms with Crippen LogP contribution in [-0.4, -0.2) is 40.6 Å². The Balaban J connectivity index is 1.36. The number of hydrogen-bond acceptors (Lipinski definition) is 8. The van der Waals surface area contributed by atoms with Crippen LogP contribution in [0, 0.1) is 6.92 Å². The monoisotopic (exact) mass is 475 g/mol. The van der Waals surface area contributed by atoms with E-state index in [1.165, 1.54) is 10.5 Å². The molecular weight excluding hydrogens is 450 g/mol. The maximum atomic E-state index is 5.43. The smallest absolute Gasteiger partial charge is 0.180 e. The van der Waals surface area contributed by atoms with E-state index >= 15 is 0 Å². The van der Waals surface area contributed by atoms with Crippen LogP contribution in [0.15, 0.2) is 82.6 Å². The summed E-state index contributed by atoms with van der Waals surface area (Å²) in [5.74, 6) is 1.40. The average molecular weight is 476 g/mol. The first kappa shape index (κ1) is 22.0. The summed E-state index contributed by atoms with van der Waals surface area (Å²) in [6, 6.07) is 24.6. The highest BCUT2D eigenvalue weighted by Crippen LogP contribution is 2.31. The van der Waals surface area contributed by atoms with Gasteiger partial charge >= 0.3 is 0 Å². The third-order valence-electron chi connectivity index (χ3n) is 5.24. The Morgan fingerprint density at radius 3 is 2.21 bits per heavy atom. The molecule has 0 radical (unpaired) electrons. The second-order valence-electron chi connectivity index (χ2n) is 7.66. The van der Waals surface area contributed by atoms with Crippen molar-refractivity contribution in [1.29, 1.82) is 0 Å². The number of morpholine rings is 1. The minimum atomic E-state index is 0.698. The molecule has 0 aliphatic carbocycles. The van der Waals surface area contributed by atoms with Crippen molar-refractivity contribution in [3.05, 3.63) is 78.4 Å². The van der Waals surface area contributed by atoms with Gasteiger partial charge in [-0.25, -0.2) is 14.3 Å². The van der Waals surface area contributed by atoms with Gasteiger partial charge in [0.15, 0.2) is 11.6 Å². The summed E-state index contributed by atoms with van der Waals surface area (Å²) in [7, 11) is 0. The zero-order chi connectivity index (χ0) is 22.5. The minimum absolute atomic E-state index is 0.698. The van der Waals surface area contributed by atoms with Gasteiger partial charge in [-0.3, -0.25) is 0 Å². The van der Waals surface area contributed by atoms with E-state index in [0.29, 0.717) is 11.6 Å². The molecule has 1 aromatic heterocycles. The Morgan fingerprint density at radius 2 is 1.48 bits per heavy atom. The maximum Gasteiger partial charge on any atom is 0.180 e. The third-order valence-corrected chi connectivity index (χ3v) is 7.32. The highest BCUT2D eigenvalue weighted by atomic mass is 32.2. The highest BCUT2D eigenvalue weighted by Gasteiger charge is 2.13. The number of nitrogens with zero attached hydrogens (tertiary/aromatic N) is 3. The van der Waals surface area contributed by atoms with E-state index in [4.69, 9.17) is 14.7 Å². The molecule has 8 heteroatoms. The van der Waals surface area contributed by atoms with Gasteiger partial charge in [0.05, 0.1) is 24.2 Å². The lowest BCUT2D eigenvalue weighted by Gasteiger charge is -2.25. The van der Waals surface area contributed by atoms with Gasteiger partial charge in [0.2, 0.25) is 0 Å². The summed E-state index contributed by atoms with van der Waals surface area (Å²) in [6.45, 7) is 5.59. The standard InChI is InChI=1S/C25H25N5OS2/c1-18-6-2-5-9-23(18)32-29-25-24(27-21-7-3-4-8-22(21)28-25)26-19-10-12-20(13-11-19)33-30-14-16-31-17-15-30/h2-13H,14-17H2,1H3,(H,26,27)(H,28,29). The van der Waals surface area contributed by atoms with Gasteiger partial charge in [-0.15, -0.1) is 0 Å². The molecule has 0 spiro atoms. The van der Waals surface area contributed by atoms with Gasteiger partial charge in [0, 0.05) is 28.6 Å². The molecule has 2 heterocycles. The van der Waals surface area contributed by atoms with E-state index < -0.39 is 0 Å². The van der Waals surface area contributed by atoms with E-state index in [9.17, 15) is 0 Å². The van der Waals surface area contributed by atoms with Crippen LogP contribution in [0.1, 0.15) is 5.56 Å². The summed E-state index contributed by atoms with van der Waals surface area (Å²) in [4.78, 5) is 12.0. The number of hydrogen-bond donors (Lipinski definition) is 2. The Hall–Kier alpha value is -2.78. The van der Waals surface area contributed by atoms with E-state index in [-0.39, 0.29) is 0 Å². The Labute approximate surface area is 202 Å². The molecule has 5 rings (SSSR count). The van der Waals surface area contributed by atoms with Crippen molar-refractivity contribution >= 4 is 52.3 Å². The van der Waals surface area contributed by atoms with Gasteiger partial charge in [-0.2, -0.15) is 0 Å². The van der Waals surface area contributed by atoms with Crippen LogP contribution in [0.2, 0.25) is 0 Å². The first-order chi connectivity index (χ1) is 16.2. The number of aromatic nitrogens is 2. The summed E-state index contributed by atoms with van der Waals surface area (Å²) < 4.78 is 11.2. The molecule has 1 aliphatic rings. The number of fused-ring (bicyclic) bond motifs is 1. The molecule has 2 N–H and O–H groups in total. The summed E-state index contributed by atoms with van der Waals surface area (Å²) in [5.41, 5.74) is 3.89. The zero-order valence-corrected chi connectivity index (χ0v) is 20.0. The quantitative estimate of drug-likeness (QED) is 0.309. The van der Waals surface area contributed by atoms with Crippen molar-refractivity contribution in [3.63, 3.8) is 0 Å². The number of benzene rings is 3. The number of aryl methyl sites for hydroxylation is 1. The summed E-state index contributed by atoms with van der Waals surface area (Å²) in [5, 5.41) is 3.45. The van der Waals surface area contributed by atoms with Gasteiger partial charge in [0.1, 0.15) is 0 Å². The molecular formula is C25H25N5OS2. The molecule has 1 saturated heterocycles. The fourth-order valence-corrected chi connectivity index (χ4v) is 5.07. The number of nitrogens with one attached hydrogen (secondary N) is 2. The second kappa shape index (κ2) is 10.4. The van der Waals surface area contributed by atoms with Gasteiger partial charge in [-0.05, 0) is 78.8 Å². The molecule has 0 atom stereocenters. The molecule has 4 aromatic rings. The maximum absolute atomic E-state index is 5.43. The van der Waals surface area contributed by atoms with Crippen molar-refractivity contribution in [3.8, 4) is 0 Å². The van der Waals surface area contributed by atoms with E-state index in [1.54, 1.807) is 23.9 Å². The Morgan fingerprint density at radius 1 is 0.818 bits per heavy atom. The van der Waals surface area contributed by atoms with Crippen molar-refractivity contribution in [2.75, 3.05) is 36.3 Å². The number of anilines is 3. The molecule has 0 unspecified atom stereocenters. The summed E-state index contributed by atoms with van der Waals surface area (Å²) in [6.07, 6.45) is 0. The van der Waals surface area contributed by atoms with Crippen molar-refractivity contribution in [2.45, 2.75) is 16.7 Å². The van der Waals surface area contributed by atoms with Crippen LogP contribution < -0.4 is 10.0 Å². The minimum Gasteiger partial charge on any atom is -0.379 e. The lowest BCUT2D eigenvalue weighted by Crippen LogP contribution is -2.30. The van der Waals surface area contributed by atoms with Crippen molar-refractivity contribution in [2.24, 2.45) is 0 Å². The van der Waals surface area contributed by atoms with Crippen molar-refractivity contribution < 1.29 is 4.74 Å². The predicted molar refractivity (Wildman–Crippen MR) is 138 cm³/mol. The van der Waals surface area contributed by atoms with Crippen LogP contribution >= 0.6 is 23.9 Å². The van der Waals surface area contributed by atoms with E-state index in [2.05, 4.69) is 57.7 Å². The lowest BCUT2D eigenvalue weighted by atomic mass is 10.2. The molecule has 33 heavy (non-hydrogen) atoms. The summed E-state index contributed by atoms with van der Waals surface area (Å²) >= 11 is 3.32. The van der Waals surface area contributed by atoms with Crippen LogP contribution in [0.3, 0.4) is 0 Å². The molecule has 0 saturated carbocycles. The number of ether oxygens (including phenoxy) is 1. The Kier molecular flexibility index (Phi) is 6.97. The SMILES string of the molecule is Cc1ccccc1SNc1nc2ccccc2nc1Nc1ccc(SN2CCOCC2)cc1. The molecule has 3 aromatic carbocycles. The largest absolute Gasteiger partial charge is 0.379 e. The average Bonchev–Trinajstić information content (AvgIpc) is 2.85. The van der Waals surface area contributed by atoms with Gasteiger partial charge in [0.25, 0.3) is 0 Å². The highest BCUT2D eigenvalue weighted by molar-refractivity contribution is 8.00. The van der Waals surface area contributed by atoms with Crippen LogP contribution in [-0.2, 0) is 4.74 Å². The zero-order valence-electron chi connectivity index (χ0n) is 18.3. The molecule has 1 fully saturated rings. The second-order valence-corrected chi connectivity index (χ2v) is 9.68. The normalized spacial score (nSPS) is 14.3. The number of rotatable bonds is 7. The fourth-order valence-electron chi connectivity index (χ4n) is 3.46. The van der Waals surface area contributed by atoms with Crippen molar-refractivity contribution in [1.82, 2.24) is 14.3 Å². The molecule has 0 amide bonds.